The molecule has 7 nitrogen and oxygen atoms in total. The van der Waals surface area contributed by atoms with Crippen molar-refractivity contribution in [2.45, 2.75) is 6.54 Å². The summed E-state index contributed by atoms with van der Waals surface area (Å²) < 4.78 is 19.9. The Labute approximate surface area is 174 Å². The zero-order valence-electron chi connectivity index (χ0n) is 16.2. The minimum Gasteiger partial charge on any atom is -0.493 e. The molecule has 0 bridgehead atoms. The van der Waals surface area contributed by atoms with Crippen molar-refractivity contribution < 1.29 is 19.0 Å². The van der Waals surface area contributed by atoms with Gasteiger partial charge in [-0.25, -0.2) is 4.98 Å². The predicted molar refractivity (Wildman–Crippen MR) is 114 cm³/mol. The van der Waals surface area contributed by atoms with Gasteiger partial charge in [0.25, 0.3) is 0 Å². The quantitative estimate of drug-likeness (QED) is 0.467. The molecule has 2 heterocycles. The van der Waals surface area contributed by atoms with E-state index in [9.17, 15) is 4.79 Å². The Bertz CT molecular complexity index is 1220. The van der Waals surface area contributed by atoms with Crippen LogP contribution < -0.4 is 14.3 Å². The van der Waals surface area contributed by atoms with Gasteiger partial charge in [-0.2, -0.15) is 4.99 Å². The average molecular weight is 430 g/mol. The zero-order chi connectivity index (χ0) is 20.4. The second-order valence-corrected chi connectivity index (χ2v) is 8.15. The summed E-state index contributed by atoms with van der Waals surface area (Å²) in [7, 11) is 4.83. The number of benzene rings is 2. The second-order valence-electron chi connectivity index (χ2n) is 6.11. The van der Waals surface area contributed by atoms with Gasteiger partial charge in [0.15, 0.2) is 21.3 Å². The molecule has 4 rings (SSSR count). The van der Waals surface area contributed by atoms with Gasteiger partial charge >= 0.3 is 5.91 Å². The number of nitrogens with zero attached hydrogens (tertiary/aromatic N) is 3. The maximum absolute atomic E-state index is 12.8. The summed E-state index contributed by atoms with van der Waals surface area (Å²) >= 11 is 2.76. The summed E-state index contributed by atoms with van der Waals surface area (Å²) in [5, 5.41) is 0.372. The van der Waals surface area contributed by atoms with Gasteiger partial charge in [0, 0.05) is 25.8 Å². The molecule has 0 atom stereocenters. The van der Waals surface area contributed by atoms with E-state index in [0.717, 1.165) is 20.4 Å². The summed E-state index contributed by atoms with van der Waals surface area (Å²) in [6, 6.07) is 11.4. The third-order valence-corrected chi connectivity index (χ3v) is 6.45. The number of thiazole rings is 2. The van der Waals surface area contributed by atoms with Gasteiger partial charge in [0.2, 0.25) is 0 Å². The Morgan fingerprint density at radius 3 is 2.55 bits per heavy atom. The van der Waals surface area contributed by atoms with Crippen LogP contribution >= 0.6 is 22.7 Å². The average Bonchev–Trinajstić information content (AvgIpc) is 3.32. The van der Waals surface area contributed by atoms with Crippen molar-refractivity contribution in [2.75, 3.05) is 27.9 Å². The molecule has 2 aromatic carbocycles. The number of rotatable bonds is 6. The summed E-state index contributed by atoms with van der Waals surface area (Å²) in [5.74, 6) is 0.889. The first-order chi connectivity index (χ1) is 14.1. The Kier molecular flexibility index (Phi) is 5.61. The monoisotopic (exact) mass is 429 g/mol. The first-order valence-corrected chi connectivity index (χ1v) is 10.5. The van der Waals surface area contributed by atoms with Crippen LogP contribution in [0.2, 0.25) is 0 Å². The van der Waals surface area contributed by atoms with E-state index >= 15 is 0 Å². The molecule has 0 saturated carbocycles. The fraction of sp³-hybridized carbons (Fsp3) is 0.250. The third kappa shape index (κ3) is 3.76. The molecule has 150 valence electrons. The Morgan fingerprint density at radius 2 is 1.83 bits per heavy atom. The predicted octanol–water partition coefficient (Wildman–Crippen LogP) is 3.72. The van der Waals surface area contributed by atoms with Crippen LogP contribution in [0.15, 0.2) is 41.4 Å². The van der Waals surface area contributed by atoms with Gasteiger partial charge in [-0.15, -0.1) is 11.3 Å². The van der Waals surface area contributed by atoms with Crippen LogP contribution in [0, 0.1) is 0 Å². The number of aromatic nitrogens is 2. The Morgan fingerprint density at radius 1 is 1.07 bits per heavy atom. The van der Waals surface area contributed by atoms with E-state index in [1.54, 1.807) is 21.3 Å². The van der Waals surface area contributed by atoms with Crippen LogP contribution in [-0.2, 0) is 11.3 Å². The van der Waals surface area contributed by atoms with Crippen LogP contribution in [0.4, 0.5) is 0 Å². The van der Waals surface area contributed by atoms with Crippen molar-refractivity contribution >= 4 is 49.0 Å². The molecule has 0 aliphatic rings. The van der Waals surface area contributed by atoms with Gasteiger partial charge < -0.3 is 18.8 Å². The molecule has 2 aromatic heterocycles. The maximum Gasteiger partial charge on any atom is 0.308 e. The van der Waals surface area contributed by atoms with Gasteiger partial charge in [-0.05, 0) is 12.1 Å². The van der Waals surface area contributed by atoms with Crippen molar-refractivity contribution in [1.29, 1.82) is 0 Å². The van der Waals surface area contributed by atoms with Crippen LogP contribution in [0.1, 0.15) is 9.80 Å². The van der Waals surface area contributed by atoms with E-state index in [1.807, 2.05) is 41.0 Å². The highest BCUT2D eigenvalue weighted by molar-refractivity contribution is 7.20. The van der Waals surface area contributed by atoms with Crippen LogP contribution in [0.5, 0.6) is 11.5 Å². The molecular weight excluding hydrogens is 410 g/mol. The number of carbonyl (C=O) groups excluding carboxylic acids is 1. The number of amides is 1. The van der Waals surface area contributed by atoms with Crippen molar-refractivity contribution in [3.8, 4) is 11.5 Å². The first kappa shape index (κ1) is 19.6. The normalized spacial score (nSPS) is 12.0. The lowest BCUT2D eigenvalue weighted by atomic mass is 10.3. The van der Waals surface area contributed by atoms with E-state index in [2.05, 4.69) is 9.98 Å². The summed E-state index contributed by atoms with van der Waals surface area (Å²) in [4.78, 5) is 22.2. The van der Waals surface area contributed by atoms with Crippen molar-refractivity contribution in [3.63, 3.8) is 0 Å². The Hall–Kier alpha value is -2.75. The van der Waals surface area contributed by atoms with E-state index in [1.165, 1.54) is 22.7 Å². The number of hydrogen-bond donors (Lipinski definition) is 0. The highest BCUT2D eigenvalue weighted by atomic mass is 32.1. The molecule has 0 aliphatic carbocycles. The van der Waals surface area contributed by atoms with Gasteiger partial charge in [0.05, 0.1) is 41.3 Å². The molecule has 29 heavy (non-hydrogen) atoms. The lowest BCUT2D eigenvalue weighted by molar-refractivity contribution is 0.0997. The Balaban J connectivity index is 1.84. The minimum atomic E-state index is -0.358. The SMILES string of the molecule is COCCn1c(=NC(=O)c2nc3ccccc3s2)sc2cc(OC)c(OC)cc21. The zero-order valence-corrected chi connectivity index (χ0v) is 17.8. The second kappa shape index (κ2) is 8.32. The highest BCUT2D eigenvalue weighted by Gasteiger charge is 2.15. The van der Waals surface area contributed by atoms with Gasteiger partial charge in [0.1, 0.15) is 0 Å². The van der Waals surface area contributed by atoms with E-state index < -0.39 is 0 Å². The maximum atomic E-state index is 12.8. The number of carbonyl (C=O) groups is 1. The summed E-state index contributed by atoms with van der Waals surface area (Å²) in [6.45, 7) is 1.04. The minimum absolute atomic E-state index is 0.358. The number of methoxy groups -OCH3 is 3. The molecule has 0 radical (unpaired) electrons. The fourth-order valence-electron chi connectivity index (χ4n) is 2.98. The first-order valence-electron chi connectivity index (χ1n) is 8.83. The lowest BCUT2D eigenvalue weighted by Gasteiger charge is -2.09. The summed E-state index contributed by atoms with van der Waals surface area (Å²) in [6.07, 6.45) is 0. The number of para-hydroxylation sites is 1. The molecule has 0 aliphatic heterocycles. The molecular formula is C20H19N3O4S2. The van der Waals surface area contributed by atoms with Crippen molar-refractivity contribution in [1.82, 2.24) is 9.55 Å². The number of ether oxygens (including phenoxy) is 3. The highest BCUT2D eigenvalue weighted by Crippen LogP contribution is 2.33. The number of fused-ring (bicyclic) bond motifs is 2. The molecule has 1 amide bonds. The molecule has 0 fully saturated rings. The molecule has 4 aromatic rings. The molecule has 0 N–H and O–H groups in total. The number of hydrogen-bond acceptors (Lipinski definition) is 7. The van der Waals surface area contributed by atoms with Crippen LogP contribution in [-0.4, -0.2) is 43.4 Å². The van der Waals surface area contributed by atoms with Gasteiger partial charge in [-0.1, -0.05) is 23.5 Å². The topological polar surface area (TPSA) is 74.9 Å². The van der Waals surface area contributed by atoms with Crippen LogP contribution in [0.25, 0.3) is 20.4 Å². The van der Waals surface area contributed by atoms with Crippen molar-refractivity contribution in [2.24, 2.45) is 4.99 Å². The molecule has 0 spiro atoms. The van der Waals surface area contributed by atoms with E-state index in [4.69, 9.17) is 14.2 Å². The largest absolute Gasteiger partial charge is 0.493 e. The smallest absolute Gasteiger partial charge is 0.308 e. The summed E-state index contributed by atoms with van der Waals surface area (Å²) in [5.41, 5.74) is 1.70. The molecule has 0 unspecified atom stereocenters. The third-order valence-electron chi connectivity index (χ3n) is 4.38. The molecule has 9 heteroatoms. The van der Waals surface area contributed by atoms with Gasteiger partial charge in [-0.3, -0.25) is 4.79 Å². The van der Waals surface area contributed by atoms with E-state index in [0.29, 0.717) is 34.5 Å². The lowest BCUT2D eigenvalue weighted by Crippen LogP contribution is -2.19. The fourth-order valence-corrected chi connectivity index (χ4v) is 4.89. The van der Waals surface area contributed by atoms with E-state index in [-0.39, 0.29) is 5.91 Å². The van der Waals surface area contributed by atoms with Crippen LogP contribution in [0.3, 0.4) is 0 Å². The standard InChI is InChI=1S/C20H19N3O4S2/c1-25-9-8-23-13-10-14(26-2)15(27-3)11-17(13)29-20(23)22-18(24)19-21-12-6-4-5-7-16(12)28-19/h4-7,10-11H,8-9H2,1-3H3. The van der Waals surface area contributed by atoms with Crippen molar-refractivity contribution in [3.05, 3.63) is 46.2 Å². The molecule has 0 saturated heterocycles.